The van der Waals surface area contributed by atoms with Gasteiger partial charge in [0.1, 0.15) is 0 Å². The van der Waals surface area contributed by atoms with E-state index in [1.165, 1.54) is 31.7 Å². The predicted molar refractivity (Wildman–Crippen MR) is 91.6 cm³/mol. The molecule has 0 spiro atoms. The van der Waals surface area contributed by atoms with Crippen molar-refractivity contribution in [3.63, 3.8) is 0 Å². The minimum Gasteiger partial charge on any atom is -0.493 e. The average Bonchev–Trinajstić information content (AvgIpc) is 2.65. The molecule has 0 radical (unpaired) electrons. The number of amides is 2. The molecule has 1 aromatic carbocycles. The Morgan fingerprint density at radius 3 is 2.54 bits per heavy atom. The Morgan fingerprint density at radius 2 is 1.92 bits per heavy atom. The van der Waals surface area contributed by atoms with Crippen molar-refractivity contribution in [2.45, 2.75) is 44.8 Å². The minimum atomic E-state index is -2.99. The Bertz CT molecular complexity index is 634. The Labute approximate surface area is 151 Å². The summed E-state index contributed by atoms with van der Waals surface area (Å²) in [7, 11) is 3.04. The standard InChI is InChI=1S/C18H24F2N2O4/c1-22(13-6-4-3-5-7-13)16(23)11-21-17(24)12-8-9-14(26-18(19)20)15(10-12)25-2/h8-10,13,18H,3-7,11H2,1-2H3,(H,21,24). The zero-order valence-electron chi connectivity index (χ0n) is 15.0. The van der Waals surface area contributed by atoms with Crippen molar-refractivity contribution >= 4 is 11.8 Å². The van der Waals surface area contributed by atoms with Gasteiger partial charge in [0.15, 0.2) is 11.5 Å². The molecule has 1 fully saturated rings. The van der Waals surface area contributed by atoms with Gasteiger partial charge in [0.05, 0.1) is 13.7 Å². The average molecular weight is 370 g/mol. The molecule has 144 valence electrons. The molecule has 1 saturated carbocycles. The third-order valence-corrected chi connectivity index (χ3v) is 4.56. The summed E-state index contributed by atoms with van der Waals surface area (Å²) >= 11 is 0. The number of hydrogen-bond acceptors (Lipinski definition) is 4. The van der Waals surface area contributed by atoms with Gasteiger partial charge in [-0.15, -0.1) is 0 Å². The monoisotopic (exact) mass is 370 g/mol. The molecule has 2 amide bonds. The first-order valence-corrected chi connectivity index (χ1v) is 8.59. The summed E-state index contributed by atoms with van der Waals surface area (Å²) in [4.78, 5) is 26.2. The highest BCUT2D eigenvalue weighted by Gasteiger charge is 2.22. The predicted octanol–water partition coefficient (Wildman–Crippen LogP) is 2.82. The number of alkyl halides is 2. The largest absolute Gasteiger partial charge is 0.493 e. The number of halogens is 2. The van der Waals surface area contributed by atoms with E-state index in [0.717, 1.165) is 25.7 Å². The van der Waals surface area contributed by atoms with E-state index >= 15 is 0 Å². The van der Waals surface area contributed by atoms with E-state index in [0.29, 0.717) is 0 Å². The highest BCUT2D eigenvalue weighted by Crippen LogP contribution is 2.29. The number of likely N-dealkylation sites (N-methyl/N-ethyl adjacent to an activating group) is 1. The third-order valence-electron chi connectivity index (χ3n) is 4.56. The van der Waals surface area contributed by atoms with Crippen molar-refractivity contribution in [3.05, 3.63) is 23.8 Å². The second-order valence-corrected chi connectivity index (χ2v) is 6.22. The lowest BCUT2D eigenvalue weighted by molar-refractivity contribution is -0.131. The van der Waals surface area contributed by atoms with Crippen LogP contribution in [0.2, 0.25) is 0 Å². The molecule has 0 atom stereocenters. The molecule has 0 aliphatic heterocycles. The fraction of sp³-hybridized carbons (Fsp3) is 0.556. The van der Waals surface area contributed by atoms with Gasteiger partial charge in [0.2, 0.25) is 5.91 Å². The van der Waals surface area contributed by atoms with Crippen molar-refractivity contribution in [2.75, 3.05) is 20.7 Å². The first-order valence-electron chi connectivity index (χ1n) is 8.59. The number of ether oxygens (including phenoxy) is 2. The quantitative estimate of drug-likeness (QED) is 0.801. The van der Waals surface area contributed by atoms with Crippen molar-refractivity contribution in [1.82, 2.24) is 10.2 Å². The molecule has 1 aromatic rings. The zero-order chi connectivity index (χ0) is 19.1. The Morgan fingerprint density at radius 1 is 1.23 bits per heavy atom. The lowest BCUT2D eigenvalue weighted by Crippen LogP contribution is -2.44. The fourth-order valence-corrected chi connectivity index (χ4v) is 3.06. The van der Waals surface area contributed by atoms with Crippen molar-refractivity contribution in [3.8, 4) is 11.5 Å². The van der Waals surface area contributed by atoms with Gasteiger partial charge in [-0.1, -0.05) is 19.3 Å². The smallest absolute Gasteiger partial charge is 0.387 e. The molecule has 1 N–H and O–H groups in total. The maximum atomic E-state index is 12.3. The topological polar surface area (TPSA) is 67.9 Å². The number of hydrogen-bond donors (Lipinski definition) is 1. The summed E-state index contributed by atoms with van der Waals surface area (Å²) in [6, 6.07) is 4.09. The molecule has 0 saturated heterocycles. The highest BCUT2D eigenvalue weighted by atomic mass is 19.3. The van der Waals surface area contributed by atoms with Gasteiger partial charge in [-0.25, -0.2) is 0 Å². The Hall–Kier alpha value is -2.38. The number of carbonyl (C=O) groups excluding carboxylic acids is 2. The number of carbonyl (C=O) groups is 2. The molecule has 2 rings (SSSR count). The van der Waals surface area contributed by atoms with Crippen LogP contribution in [0, 0.1) is 0 Å². The van der Waals surface area contributed by atoms with Crippen LogP contribution in [0.15, 0.2) is 18.2 Å². The molecule has 0 heterocycles. The molecular formula is C18H24F2N2O4. The molecular weight excluding hydrogens is 346 g/mol. The van der Waals surface area contributed by atoms with Crippen LogP contribution < -0.4 is 14.8 Å². The summed E-state index contributed by atoms with van der Waals surface area (Å²) in [5.74, 6) is -0.789. The van der Waals surface area contributed by atoms with Crippen LogP contribution in [0.1, 0.15) is 42.5 Å². The Balaban J connectivity index is 1.93. The van der Waals surface area contributed by atoms with Crippen molar-refractivity contribution < 1.29 is 27.8 Å². The molecule has 8 heteroatoms. The van der Waals surface area contributed by atoms with E-state index in [2.05, 4.69) is 10.1 Å². The van der Waals surface area contributed by atoms with Crippen LogP contribution >= 0.6 is 0 Å². The van der Waals surface area contributed by atoms with Gasteiger partial charge in [-0.05, 0) is 31.0 Å². The Kier molecular flexibility index (Phi) is 7.17. The maximum Gasteiger partial charge on any atom is 0.387 e. The van der Waals surface area contributed by atoms with Crippen LogP contribution in [0.5, 0.6) is 11.5 Å². The lowest BCUT2D eigenvalue weighted by Gasteiger charge is -2.31. The van der Waals surface area contributed by atoms with Crippen LogP contribution in [0.3, 0.4) is 0 Å². The van der Waals surface area contributed by atoms with E-state index in [-0.39, 0.29) is 35.6 Å². The summed E-state index contributed by atoms with van der Waals surface area (Å²) in [5, 5.41) is 2.56. The molecule has 26 heavy (non-hydrogen) atoms. The van der Waals surface area contributed by atoms with Crippen LogP contribution in [-0.4, -0.2) is 50.1 Å². The number of nitrogens with one attached hydrogen (secondary N) is 1. The third kappa shape index (κ3) is 5.31. The van der Waals surface area contributed by atoms with Gasteiger partial charge in [-0.2, -0.15) is 8.78 Å². The fourth-order valence-electron chi connectivity index (χ4n) is 3.06. The number of rotatable bonds is 7. The van der Waals surface area contributed by atoms with Gasteiger partial charge in [0.25, 0.3) is 5.91 Å². The van der Waals surface area contributed by atoms with E-state index in [1.807, 2.05) is 0 Å². The van der Waals surface area contributed by atoms with E-state index in [4.69, 9.17) is 4.74 Å². The molecule has 6 nitrogen and oxygen atoms in total. The van der Waals surface area contributed by atoms with Crippen molar-refractivity contribution in [1.29, 1.82) is 0 Å². The van der Waals surface area contributed by atoms with E-state index < -0.39 is 12.5 Å². The van der Waals surface area contributed by atoms with Crippen LogP contribution in [0.25, 0.3) is 0 Å². The maximum absolute atomic E-state index is 12.3. The SMILES string of the molecule is COc1cc(C(=O)NCC(=O)N(C)C2CCCCC2)ccc1OC(F)F. The first-order chi connectivity index (χ1) is 12.4. The molecule has 0 aromatic heterocycles. The van der Waals surface area contributed by atoms with Crippen molar-refractivity contribution in [2.24, 2.45) is 0 Å². The molecule has 0 bridgehead atoms. The summed E-state index contributed by atoms with van der Waals surface area (Å²) in [6.45, 7) is -3.11. The zero-order valence-corrected chi connectivity index (χ0v) is 15.0. The van der Waals surface area contributed by atoms with Gasteiger partial charge < -0.3 is 19.7 Å². The lowest BCUT2D eigenvalue weighted by atomic mass is 9.94. The highest BCUT2D eigenvalue weighted by molar-refractivity contribution is 5.97. The van der Waals surface area contributed by atoms with Gasteiger partial charge in [-0.3, -0.25) is 9.59 Å². The van der Waals surface area contributed by atoms with Gasteiger partial charge in [0, 0.05) is 18.7 Å². The van der Waals surface area contributed by atoms with Crippen LogP contribution in [0.4, 0.5) is 8.78 Å². The van der Waals surface area contributed by atoms with Crippen LogP contribution in [-0.2, 0) is 4.79 Å². The number of methoxy groups -OCH3 is 1. The molecule has 0 unspecified atom stereocenters. The second-order valence-electron chi connectivity index (χ2n) is 6.22. The van der Waals surface area contributed by atoms with Gasteiger partial charge >= 0.3 is 6.61 Å². The normalized spacial score (nSPS) is 14.8. The number of benzene rings is 1. The number of nitrogens with zero attached hydrogens (tertiary/aromatic N) is 1. The second kappa shape index (κ2) is 9.35. The minimum absolute atomic E-state index is 0.0172. The van der Waals surface area contributed by atoms with E-state index in [9.17, 15) is 18.4 Å². The first kappa shape index (κ1) is 19.9. The molecule has 1 aliphatic rings. The summed E-state index contributed by atoms with van der Waals surface area (Å²) in [6.07, 6.45) is 5.39. The summed E-state index contributed by atoms with van der Waals surface area (Å²) in [5.41, 5.74) is 0.191. The van der Waals surface area contributed by atoms with E-state index in [1.54, 1.807) is 11.9 Å². The summed E-state index contributed by atoms with van der Waals surface area (Å²) < 4.78 is 34.0. The molecule has 1 aliphatic carbocycles.